The maximum Gasteiger partial charge on any atom is 0.388 e. The van der Waals surface area contributed by atoms with E-state index in [1.54, 1.807) is 7.05 Å². The van der Waals surface area contributed by atoms with Gasteiger partial charge in [-0.25, -0.2) is 4.98 Å². The zero-order valence-electron chi connectivity index (χ0n) is 6.72. The molecule has 0 aliphatic heterocycles. The maximum atomic E-state index is 11.8. The van der Waals surface area contributed by atoms with Crippen LogP contribution in [0.25, 0.3) is 0 Å². The lowest BCUT2D eigenvalue weighted by molar-refractivity contribution is -0.0527. The van der Waals surface area contributed by atoms with Gasteiger partial charge in [0.15, 0.2) is 0 Å². The second-order valence-corrected chi connectivity index (χ2v) is 2.53. The molecule has 0 aliphatic carbocycles. The van der Waals surface area contributed by atoms with Crippen molar-refractivity contribution in [3.8, 4) is 5.88 Å². The van der Waals surface area contributed by atoms with Gasteiger partial charge in [-0.05, 0) is 6.07 Å². The first kappa shape index (κ1) is 9.98. The molecule has 0 aliphatic rings. The predicted molar refractivity (Wildman–Crippen MR) is 45.4 cm³/mol. The summed E-state index contributed by atoms with van der Waals surface area (Å²) in [6.07, 6.45) is 0. The van der Waals surface area contributed by atoms with E-state index >= 15 is 0 Å². The number of ether oxygens (including phenoxy) is 1. The Hall–Kier alpha value is -1.10. The Morgan fingerprint density at radius 2 is 2.23 bits per heavy atom. The standard InChI is InChI=1S/C7H7ClF2N2O/c1-11-4-2-5(8)12-6(3-4)13-7(9)10/h2-3,7H,1H3,(H,11,12). The van der Waals surface area contributed by atoms with E-state index in [0.29, 0.717) is 5.69 Å². The zero-order valence-corrected chi connectivity index (χ0v) is 7.48. The Bertz CT molecular complexity index is 296. The molecule has 1 aromatic rings. The first-order chi connectivity index (χ1) is 6.11. The third-order valence-corrected chi connectivity index (χ3v) is 1.46. The molecule has 0 atom stereocenters. The minimum Gasteiger partial charge on any atom is -0.417 e. The fourth-order valence-corrected chi connectivity index (χ4v) is 0.970. The van der Waals surface area contributed by atoms with Gasteiger partial charge in [0, 0.05) is 18.8 Å². The van der Waals surface area contributed by atoms with Crippen LogP contribution in [0, 0.1) is 0 Å². The summed E-state index contributed by atoms with van der Waals surface area (Å²) in [6.45, 7) is -2.89. The summed E-state index contributed by atoms with van der Waals surface area (Å²) >= 11 is 5.54. The van der Waals surface area contributed by atoms with Crippen LogP contribution in [0.1, 0.15) is 0 Å². The molecule has 0 aromatic carbocycles. The first-order valence-electron chi connectivity index (χ1n) is 3.42. The van der Waals surface area contributed by atoms with Gasteiger partial charge in [0.1, 0.15) is 5.15 Å². The maximum absolute atomic E-state index is 11.8. The Morgan fingerprint density at radius 3 is 2.77 bits per heavy atom. The largest absolute Gasteiger partial charge is 0.417 e. The van der Waals surface area contributed by atoms with E-state index in [-0.39, 0.29) is 11.0 Å². The zero-order chi connectivity index (χ0) is 9.84. The molecule has 0 radical (unpaired) electrons. The molecule has 0 amide bonds. The van der Waals surface area contributed by atoms with Crippen LogP contribution in [0.3, 0.4) is 0 Å². The number of aromatic nitrogens is 1. The first-order valence-corrected chi connectivity index (χ1v) is 3.80. The summed E-state index contributed by atoms with van der Waals surface area (Å²) in [6, 6.07) is 2.83. The molecule has 1 aromatic heterocycles. The number of hydrogen-bond acceptors (Lipinski definition) is 3. The summed E-state index contributed by atoms with van der Waals surface area (Å²) in [7, 11) is 1.64. The number of alkyl halides is 2. The Labute approximate surface area is 78.7 Å². The van der Waals surface area contributed by atoms with Crippen LogP contribution in [0.15, 0.2) is 12.1 Å². The average molecular weight is 209 g/mol. The van der Waals surface area contributed by atoms with E-state index in [9.17, 15) is 8.78 Å². The number of halogens is 3. The summed E-state index contributed by atoms with van der Waals surface area (Å²) < 4.78 is 27.6. The van der Waals surface area contributed by atoms with E-state index in [0.717, 1.165) is 0 Å². The van der Waals surface area contributed by atoms with Crippen molar-refractivity contribution >= 4 is 17.3 Å². The molecule has 6 heteroatoms. The highest BCUT2D eigenvalue weighted by Gasteiger charge is 2.07. The fourth-order valence-electron chi connectivity index (χ4n) is 0.769. The monoisotopic (exact) mass is 208 g/mol. The Morgan fingerprint density at radius 1 is 1.54 bits per heavy atom. The number of nitrogens with one attached hydrogen (secondary N) is 1. The molecule has 0 unspecified atom stereocenters. The van der Waals surface area contributed by atoms with Crippen LogP contribution in [-0.2, 0) is 0 Å². The van der Waals surface area contributed by atoms with Gasteiger partial charge >= 0.3 is 6.61 Å². The van der Waals surface area contributed by atoms with E-state index in [1.165, 1.54) is 12.1 Å². The fraction of sp³-hybridized carbons (Fsp3) is 0.286. The summed E-state index contributed by atoms with van der Waals surface area (Å²) in [5, 5.41) is 2.83. The lowest BCUT2D eigenvalue weighted by Crippen LogP contribution is -2.04. The van der Waals surface area contributed by atoms with Crippen molar-refractivity contribution in [2.45, 2.75) is 6.61 Å². The molecule has 1 rings (SSSR count). The van der Waals surface area contributed by atoms with Crippen molar-refractivity contribution in [2.24, 2.45) is 0 Å². The Balaban J connectivity index is 2.88. The molecule has 0 fully saturated rings. The molecule has 0 spiro atoms. The molecule has 1 heterocycles. The van der Waals surface area contributed by atoms with Crippen LogP contribution >= 0.6 is 11.6 Å². The normalized spacial score (nSPS) is 10.2. The smallest absolute Gasteiger partial charge is 0.388 e. The molecule has 0 saturated carbocycles. The summed E-state index contributed by atoms with van der Waals surface area (Å²) in [5.74, 6) is -0.202. The van der Waals surface area contributed by atoms with Crippen molar-refractivity contribution in [3.63, 3.8) is 0 Å². The predicted octanol–water partition coefficient (Wildman–Crippen LogP) is 2.38. The van der Waals surface area contributed by atoms with E-state index in [2.05, 4.69) is 15.0 Å². The SMILES string of the molecule is CNc1cc(Cl)nc(OC(F)F)c1. The topological polar surface area (TPSA) is 34.2 Å². The number of rotatable bonds is 3. The number of pyridine rings is 1. The number of anilines is 1. The van der Waals surface area contributed by atoms with Gasteiger partial charge in [0.2, 0.25) is 5.88 Å². The highest BCUT2D eigenvalue weighted by molar-refractivity contribution is 6.29. The van der Waals surface area contributed by atoms with Gasteiger partial charge in [-0.15, -0.1) is 0 Å². The van der Waals surface area contributed by atoms with Crippen LogP contribution in [-0.4, -0.2) is 18.6 Å². The second kappa shape index (κ2) is 4.23. The minimum atomic E-state index is -2.89. The van der Waals surface area contributed by atoms with Crippen LogP contribution in [0.4, 0.5) is 14.5 Å². The Kier molecular flexibility index (Phi) is 3.25. The molecule has 13 heavy (non-hydrogen) atoms. The second-order valence-electron chi connectivity index (χ2n) is 2.15. The van der Waals surface area contributed by atoms with Crippen LogP contribution in [0.2, 0.25) is 5.15 Å². The molecular weight excluding hydrogens is 202 g/mol. The molecular formula is C7H7ClF2N2O. The van der Waals surface area contributed by atoms with Gasteiger partial charge in [0.05, 0.1) is 0 Å². The summed E-state index contributed by atoms with van der Waals surface area (Å²) in [5.41, 5.74) is 0.565. The molecule has 3 nitrogen and oxygen atoms in total. The van der Waals surface area contributed by atoms with Crippen molar-refractivity contribution in [3.05, 3.63) is 17.3 Å². The van der Waals surface area contributed by atoms with Crippen molar-refractivity contribution in [1.29, 1.82) is 0 Å². The van der Waals surface area contributed by atoms with Crippen molar-refractivity contribution in [1.82, 2.24) is 4.98 Å². The quantitative estimate of drug-likeness (QED) is 0.775. The molecule has 0 bridgehead atoms. The molecule has 1 N–H and O–H groups in total. The highest BCUT2D eigenvalue weighted by Crippen LogP contribution is 2.20. The van der Waals surface area contributed by atoms with E-state index in [4.69, 9.17) is 11.6 Å². The van der Waals surface area contributed by atoms with Gasteiger partial charge in [-0.1, -0.05) is 11.6 Å². The van der Waals surface area contributed by atoms with Crippen molar-refractivity contribution in [2.75, 3.05) is 12.4 Å². The minimum absolute atomic E-state index is 0.0995. The van der Waals surface area contributed by atoms with Crippen LogP contribution in [0.5, 0.6) is 5.88 Å². The van der Waals surface area contributed by atoms with Crippen LogP contribution < -0.4 is 10.1 Å². The lowest BCUT2D eigenvalue weighted by Gasteiger charge is -2.05. The number of nitrogens with zero attached hydrogens (tertiary/aromatic N) is 1. The van der Waals surface area contributed by atoms with E-state index < -0.39 is 6.61 Å². The highest BCUT2D eigenvalue weighted by atomic mass is 35.5. The average Bonchev–Trinajstić information content (AvgIpc) is 2.01. The molecule has 72 valence electrons. The van der Waals surface area contributed by atoms with Gasteiger partial charge in [-0.3, -0.25) is 0 Å². The number of hydrogen-bond donors (Lipinski definition) is 1. The van der Waals surface area contributed by atoms with Crippen molar-refractivity contribution < 1.29 is 13.5 Å². The van der Waals surface area contributed by atoms with Gasteiger partial charge in [-0.2, -0.15) is 8.78 Å². The summed E-state index contributed by atoms with van der Waals surface area (Å²) in [4.78, 5) is 3.55. The lowest BCUT2D eigenvalue weighted by atomic mass is 10.4. The third-order valence-electron chi connectivity index (χ3n) is 1.27. The van der Waals surface area contributed by atoms with Gasteiger partial charge < -0.3 is 10.1 Å². The molecule has 0 saturated heterocycles. The van der Waals surface area contributed by atoms with E-state index in [1.807, 2.05) is 0 Å². The van der Waals surface area contributed by atoms with Gasteiger partial charge in [0.25, 0.3) is 0 Å². The third kappa shape index (κ3) is 3.02.